The molecule has 2 N–H and O–H groups in total. The third kappa shape index (κ3) is 4.05. The molecule has 0 amide bonds. The van der Waals surface area contributed by atoms with Crippen LogP contribution in [-0.4, -0.2) is 36.7 Å². The van der Waals surface area contributed by atoms with Gasteiger partial charge in [-0.15, -0.1) is 0 Å². The van der Waals surface area contributed by atoms with E-state index in [0.717, 1.165) is 24.2 Å². The molecule has 3 aliphatic rings. The van der Waals surface area contributed by atoms with Crippen molar-refractivity contribution in [2.75, 3.05) is 19.6 Å². The van der Waals surface area contributed by atoms with Crippen LogP contribution in [0.4, 0.5) is 0 Å². The van der Waals surface area contributed by atoms with E-state index in [9.17, 15) is 0 Å². The van der Waals surface area contributed by atoms with Crippen molar-refractivity contribution in [2.45, 2.75) is 75.5 Å². The summed E-state index contributed by atoms with van der Waals surface area (Å²) in [6, 6.07) is 9.35. The van der Waals surface area contributed by atoms with Gasteiger partial charge < -0.3 is 0 Å². The second-order valence-corrected chi connectivity index (χ2v) is 8.67. The van der Waals surface area contributed by atoms with Crippen molar-refractivity contribution >= 4 is 11.6 Å². The lowest BCUT2D eigenvalue weighted by molar-refractivity contribution is 0.0910. The minimum atomic E-state index is 0.123. The van der Waals surface area contributed by atoms with E-state index in [4.69, 9.17) is 11.6 Å². The van der Waals surface area contributed by atoms with Crippen molar-refractivity contribution in [3.8, 4) is 0 Å². The quantitative estimate of drug-likeness (QED) is 0.838. The second-order valence-electron chi connectivity index (χ2n) is 8.23. The van der Waals surface area contributed by atoms with Crippen LogP contribution in [0.3, 0.4) is 0 Å². The van der Waals surface area contributed by atoms with Gasteiger partial charge in [-0.05, 0) is 43.4 Å². The number of hydrogen-bond acceptors (Lipinski definition) is 3. The lowest BCUT2D eigenvalue weighted by Crippen LogP contribution is -2.63. The maximum Gasteiger partial charge on any atom is 0.0710 e. The normalized spacial score (nSPS) is 28.3. The Kier molecular flexibility index (Phi) is 5.66. The maximum atomic E-state index is 6.12. The van der Waals surface area contributed by atoms with E-state index in [2.05, 4.69) is 27.7 Å². The average molecular weight is 362 g/mol. The Morgan fingerprint density at radius 1 is 1.00 bits per heavy atom. The Bertz CT molecular complexity index is 547. The highest BCUT2D eigenvalue weighted by atomic mass is 35.5. The lowest BCUT2D eigenvalue weighted by Gasteiger charge is -2.44. The molecule has 1 aromatic carbocycles. The molecular formula is C21H32ClN3. The number of nitrogens with zero attached hydrogens (tertiary/aromatic N) is 1. The van der Waals surface area contributed by atoms with Gasteiger partial charge in [0.15, 0.2) is 0 Å². The van der Waals surface area contributed by atoms with Crippen molar-refractivity contribution in [1.29, 1.82) is 0 Å². The first-order chi connectivity index (χ1) is 12.3. The van der Waals surface area contributed by atoms with Crippen LogP contribution in [0.2, 0.25) is 5.02 Å². The summed E-state index contributed by atoms with van der Waals surface area (Å²) < 4.78 is 0. The van der Waals surface area contributed by atoms with Crippen LogP contribution in [0.1, 0.15) is 63.4 Å². The summed E-state index contributed by atoms with van der Waals surface area (Å²) in [7, 11) is 0. The lowest BCUT2D eigenvalue weighted by atomic mass is 9.87. The van der Waals surface area contributed by atoms with Crippen molar-refractivity contribution in [3.63, 3.8) is 0 Å². The van der Waals surface area contributed by atoms with Crippen molar-refractivity contribution in [1.82, 2.24) is 15.5 Å². The average Bonchev–Trinajstić information content (AvgIpc) is 3.13. The zero-order chi connectivity index (χ0) is 17.1. The van der Waals surface area contributed by atoms with Gasteiger partial charge in [0.1, 0.15) is 0 Å². The largest absolute Gasteiger partial charge is 0.300 e. The minimum Gasteiger partial charge on any atom is -0.300 e. The smallest absolute Gasteiger partial charge is 0.0710 e. The number of piperazine rings is 1. The molecule has 1 aliphatic heterocycles. The van der Waals surface area contributed by atoms with E-state index in [0.29, 0.717) is 6.17 Å². The summed E-state index contributed by atoms with van der Waals surface area (Å²) >= 11 is 6.12. The van der Waals surface area contributed by atoms with E-state index in [-0.39, 0.29) is 5.54 Å². The Hall–Kier alpha value is -0.610. The molecule has 138 valence electrons. The van der Waals surface area contributed by atoms with Gasteiger partial charge in [-0.25, -0.2) is 0 Å². The maximum absolute atomic E-state index is 6.12. The zero-order valence-corrected chi connectivity index (χ0v) is 16.0. The molecule has 25 heavy (non-hydrogen) atoms. The number of halogens is 1. The summed E-state index contributed by atoms with van der Waals surface area (Å²) in [6.45, 7) is 3.45. The Morgan fingerprint density at radius 2 is 1.72 bits per heavy atom. The molecule has 1 atom stereocenters. The predicted octanol–water partition coefficient (Wildman–Crippen LogP) is 4.26. The van der Waals surface area contributed by atoms with E-state index in [1.165, 1.54) is 69.9 Å². The second kappa shape index (κ2) is 7.96. The van der Waals surface area contributed by atoms with E-state index in [1.807, 2.05) is 12.1 Å². The van der Waals surface area contributed by atoms with Crippen molar-refractivity contribution < 1.29 is 0 Å². The van der Waals surface area contributed by atoms with Crippen LogP contribution in [0.5, 0.6) is 0 Å². The monoisotopic (exact) mass is 361 g/mol. The summed E-state index contributed by atoms with van der Waals surface area (Å²) in [5, 5.41) is 8.61. The SMILES string of the molecule is Clc1ccc(C2(NC3CN(C4CCCCC4)CCN3)CCCC2)cc1. The van der Waals surface area contributed by atoms with Crippen LogP contribution in [0, 0.1) is 0 Å². The molecular weight excluding hydrogens is 330 g/mol. The standard InChI is InChI=1S/C21H32ClN3/c22-18-10-8-17(9-11-18)21(12-4-5-13-21)24-20-16-25(15-14-23-20)19-6-2-1-3-7-19/h8-11,19-20,23-24H,1-7,12-16H2. The summed E-state index contributed by atoms with van der Waals surface area (Å²) in [4.78, 5) is 2.75. The highest BCUT2D eigenvalue weighted by Crippen LogP contribution is 2.39. The van der Waals surface area contributed by atoms with Gasteiger partial charge in [0, 0.05) is 36.2 Å². The fraction of sp³-hybridized carbons (Fsp3) is 0.714. The van der Waals surface area contributed by atoms with Crippen LogP contribution < -0.4 is 10.6 Å². The molecule has 4 rings (SSSR count). The highest BCUT2D eigenvalue weighted by Gasteiger charge is 2.38. The molecule has 0 spiro atoms. The highest BCUT2D eigenvalue weighted by molar-refractivity contribution is 6.30. The first-order valence-electron chi connectivity index (χ1n) is 10.3. The van der Waals surface area contributed by atoms with Crippen LogP contribution in [0.25, 0.3) is 0 Å². The third-order valence-electron chi connectivity index (χ3n) is 6.60. The van der Waals surface area contributed by atoms with Gasteiger partial charge >= 0.3 is 0 Å². The fourth-order valence-corrected chi connectivity index (χ4v) is 5.37. The zero-order valence-electron chi connectivity index (χ0n) is 15.3. The molecule has 1 aromatic rings. The van der Waals surface area contributed by atoms with E-state index in [1.54, 1.807) is 0 Å². The van der Waals surface area contributed by atoms with Crippen LogP contribution >= 0.6 is 11.6 Å². The molecule has 1 unspecified atom stereocenters. The van der Waals surface area contributed by atoms with E-state index < -0.39 is 0 Å². The molecule has 0 aromatic heterocycles. The van der Waals surface area contributed by atoms with Gasteiger partial charge in [0.2, 0.25) is 0 Å². The van der Waals surface area contributed by atoms with Gasteiger partial charge in [0.25, 0.3) is 0 Å². The Labute approximate surface area is 157 Å². The number of hydrogen-bond donors (Lipinski definition) is 2. The molecule has 3 nitrogen and oxygen atoms in total. The van der Waals surface area contributed by atoms with Gasteiger partial charge in [-0.3, -0.25) is 15.5 Å². The molecule has 2 aliphatic carbocycles. The Morgan fingerprint density at radius 3 is 2.44 bits per heavy atom. The topological polar surface area (TPSA) is 27.3 Å². The first kappa shape index (κ1) is 17.8. The van der Waals surface area contributed by atoms with Crippen LogP contribution in [-0.2, 0) is 5.54 Å². The third-order valence-corrected chi connectivity index (χ3v) is 6.85. The number of rotatable bonds is 4. The van der Waals surface area contributed by atoms with Gasteiger partial charge in [-0.2, -0.15) is 0 Å². The predicted molar refractivity (Wildman–Crippen MR) is 105 cm³/mol. The molecule has 2 saturated carbocycles. The Balaban J connectivity index is 1.45. The molecule has 4 heteroatoms. The minimum absolute atomic E-state index is 0.123. The van der Waals surface area contributed by atoms with Crippen molar-refractivity contribution in [2.24, 2.45) is 0 Å². The van der Waals surface area contributed by atoms with E-state index >= 15 is 0 Å². The first-order valence-corrected chi connectivity index (χ1v) is 10.6. The van der Waals surface area contributed by atoms with Crippen molar-refractivity contribution in [3.05, 3.63) is 34.9 Å². The molecule has 1 heterocycles. The number of benzene rings is 1. The molecule has 0 radical (unpaired) electrons. The van der Waals surface area contributed by atoms with Gasteiger partial charge in [0.05, 0.1) is 6.17 Å². The summed E-state index contributed by atoms with van der Waals surface area (Å²) in [6.07, 6.45) is 12.6. The van der Waals surface area contributed by atoms with Gasteiger partial charge in [-0.1, -0.05) is 55.8 Å². The summed E-state index contributed by atoms with van der Waals surface area (Å²) in [5.41, 5.74) is 1.53. The molecule has 1 saturated heterocycles. The summed E-state index contributed by atoms with van der Waals surface area (Å²) in [5.74, 6) is 0. The molecule has 3 fully saturated rings. The number of nitrogens with one attached hydrogen (secondary N) is 2. The fourth-order valence-electron chi connectivity index (χ4n) is 5.24. The molecule has 0 bridgehead atoms. The van der Waals surface area contributed by atoms with Crippen LogP contribution in [0.15, 0.2) is 24.3 Å².